The molecule has 1 unspecified atom stereocenters. The average Bonchev–Trinajstić information content (AvgIpc) is 2.11. The monoisotopic (exact) mass is 190 g/mol. The van der Waals surface area contributed by atoms with Crippen LogP contribution >= 0.6 is 0 Å². The molecule has 0 bridgehead atoms. The van der Waals surface area contributed by atoms with Crippen LogP contribution in [-0.2, 0) is 14.3 Å². The third-order valence-corrected chi connectivity index (χ3v) is 1.86. The van der Waals surface area contributed by atoms with Gasteiger partial charge in [0, 0.05) is 26.7 Å². The fourth-order valence-corrected chi connectivity index (χ4v) is 0.865. The van der Waals surface area contributed by atoms with Crippen molar-refractivity contribution in [3.05, 3.63) is 0 Å². The lowest BCUT2D eigenvalue weighted by atomic mass is 10.0. The highest BCUT2D eigenvalue weighted by molar-refractivity contribution is 5.76. The molecule has 0 spiro atoms. The van der Waals surface area contributed by atoms with Crippen LogP contribution in [0, 0.1) is 0 Å². The number of carboxylic acids is 1. The molecule has 0 saturated carbocycles. The summed E-state index contributed by atoms with van der Waals surface area (Å²) in [5.41, 5.74) is -1.11. The van der Waals surface area contributed by atoms with Crippen molar-refractivity contribution >= 4 is 5.97 Å². The summed E-state index contributed by atoms with van der Waals surface area (Å²) < 4.78 is 10.1. The van der Waals surface area contributed by atoms with E-state index < -0.39 is 11.6 Å². The number of carboxylic acid groups (broad SMARTS) is 1. The van der Waals surface area contributed by atoms with Crippen molar-refractivity contribution in [2.45, 2.75) is 32.3 Å². The van der Waals surface area contributed by atoms with Gasteiger partial charge in [-0.05, 0) is 13.3 Å². The van der Waals surface area contributed by atoms with Crippen molar-refractivity contribution in [3.8, 4) is 0 Å². The highest BCUT2D eigenvalue weighted by Gasteiger charge is 2.33. The summed E-state index contributed by atoms with van der Waals surface area (Å²) in [4.78, 5) is 10.9. The Morgan fingerprint density at radius 2 is 2.08 bits per heavy atom. The minimum absolute atomic E-state index is 0.374. The first-order valence-electron chi connectivity index (χ1n) is 4.43. The van der Waals surface area contributed by atoms with Gasteiger partial charge in [0.1, 0.15) is 0 Å². The first-order valence-corrected chi connectivity index (χ1v) is 4.43. The molecule has 4 heteroatoms. The molecule has 0 aliphatic carbocycles. The number of aliphatic carboxylic acids is 1. The van der Waals surface area contributed by atoms with Gasteiger partial charge in [0.25, 0.3) is 0 Å². The molecule has 0 aliphatic rings. The van der Waals surface area contributed by atoms with E-state index in [0.717, 1.165) is 6.42 Å². The molecule has 13 heavy (non-hydrogen) atoms. The molecule has 0 aromatic heterocycles. The number of ether oxygens (including phenoxy) is 2. The predicted octanol–water partition coefficient (Wildman–Crippen LogP) is 1.29. The lowest BCUT2D eigenvalue weighted by molar-refractivity contribution is -0.166. The van der Waals surface area contributed by atoms with Gasteiger partial charge < -0.3 is 14.6 Å². The fraction of sp³-hybridized carbons (Fsp3) is 0.889. The summed E-state index contributed by atoms with van der Waals surface area (Å²) in [6.45, 7) is 4.38. The Hall–Kier alpha value is -0.610. The Morgan fingerprint density at radius 1 is 1.46 bits per heavy atom. The van der Waals surface area contributed by atoms with E-state index in [1.54, 1.807) is 14.0 Å². The zero-order valence-electron chi connectivity index (χ0n) is 8.50. The Bertz CT molecular complexity index is 148. The summed E-state index contributed by atoms with van der Waals surface area (Å²) >= 11 is 0. The second kappa shape index (κ2) is 5.94. The maximum Gasteiger partial charge on any atom is 0.335 e. The first kappa shape index (κ1) is 12.4. The van der Waals surface area contributed by atoms with Gasteiger partial charge in [-0.3, -0.25) is 0 Å². The molecule has 1 atom stereocenters. The Labute approximate surface area is 78.8 Å². The topological polar surface area (TPSA) is 55.8 Å². The minimum Gasteiger partial charge on any atom is -0.479 e. The van der Waals surface area contributed by atoms with Crippen molar-refractivity contribution in [3.63, 3.8) is 0 Å². The zero-order valence-corrected chi connectivity index (χ0v) is 8.50. The van der Waals surface area contributed by atoms with E-state index in [1.165, 1.54) is 0 Å². The van der Waals surface area contributed by atoms with Gasteiger partial charge >= 0.3 is 5.97 Å². The number of rotatable bonds is 7. The summed E-state index contributed by atoms with van der Waals surface area (Å²) in [5, 5.41) is 8.91. The quantitative estimate of drug-likeness (QED) is 0.657. The van der Waals surface area contributed by atoms with Gasteiger partial charge in [0.15, 0.2) is 5.60 Å². The van der Waals surface area contributed by atoms with Crippen LogP contribution in [0.1, 0.15) is 26.7 Å². The molecule has 0 aromatic carbocycles. The molecule has 0 aliphatic heterocycles. The molecular weight excluding hydrogens is 172 g/mol. The van der Waals surface area contributed by atoms with E-state index >= 15 is 0 Å². The molecule has 0 radical (unpaired) electrons. The van der Waals surface area contributed by atoms with Crippen molar-refractivity contribution in [1.82, 2.24) is 0 Å². The summed E-state index contributed by atoms with van der Waals surface area (Å²) in [7, 11) is 1.54. The molecule has 0 fully saturated rings. The van der Waals surface area contributed by atoms with Crippen molar-refractivity contribution in [2.75, 3.05) is 20.3 Å². The molecule has 0 aromatic rings. The lowest BCUT2D eigenvalue weighted by Gasteiger charge is -2.24. The van der Waals surface area contributed by atoms with Gasteiger partial charge in [-0.1, -0.05) is 6.92 Å². The molecule has 0 amide bonds. The number of carbonyl (C=O) groups is 1. The fourth-order valence-electron chi connectivity index (χ4n) is 0.865. The van der Waals surface area contributed by atoms with Crippen molar-refractivity contribution in [2.24, 2.45) is 0 Å². The van der Waals surface area contributed by atoms with Crippen LogP contribution in [0.15, 0.2) is 0 Å². The van der Waals surface area contributed by atoms with Gasteiger partial charge in [-0.2, -0.15) is 0 Å². The average molecular weight is 190 g/mol. The second-order valence-electron chi connectivity index (χ2n) is 3.13. The minimum atomic E-state index is -1.11. The number of hydrogen-bond acceptors (Lipinski definition) is 3. The molecule has 0 heterocycles. The van der Waals surface area contributed by atoms with E-state index in [-0.39, 0.29) is 0 Å². The Balaban J connectivity index is 4.08. The Kier molecular flexibility index (Phi) is 5.66. The second-order valence-corrected chi connectivity index (χ2v) is 3.13. The molecule has 78 valence electrons. The van der Waals surface area contributed by atoms with Crippen LogP contribution in [0.4, 0.5) is 0 Å². The third kappa shape index (κ3) is 4.24. The van der Waals surface area contributed by atoms with Gasteiger partial charge in [0.2, 0.25) is 0 Å². The molecule has 4 nitrogen and oxygen atoms in total. The van der Waals surface area contributed by atoms with E-state index in [4.69, 9.17) is 14.6 Å². The van der Waals surface area contributed by atoms with Crippen LogP contribution in [0.25, 0.3) is 0 Å². The molecule has 0 rings (SSSR count). The van der Waals surface area contributed by atoms with E-state index in [2.05, 4.69) is 0 Å². The third-order valence-electron chi connectivity index (χ3n) is 1.86. The predicted molar refractivity (Wildman–Crippen MR) is 48.8 cm³/mol. The van der Waals surface area contributed by atoms with Crippen LogP contribution in [-0.4, -0.2) is 37.0 Å². The molecular formula is C9H18O4. The highest BCUT2D eigenvalue weighted by Crippen LogP contribution is 2.16. The van der Waals surface area contributed by atoms with Crippen LogP contribution in [0.5, 0.6) is 0 Å². The largest absolute Gasteiger partial charge is 0.479 e. The van der Waals surface area contributed by atoms with Gasteiger partial charge in [-0.15, -0.1) is 0 Å². The zero-order chi connectivity index (χ0) is 10.3. The normalized spacial score (nSPS) is 15.3. The number of hydrogen-bond donors (Lipinski definition) is 1. The van der Waals surface area contributed by atoms with Crippen LogP contribution < -0.4 is 0 Å². The maximum atomic E-state index is 10.9. The summed E-state index contributed by atoms with van der Waals surface area (Å²) in [5.74, 6) is -0.932. The van der Waals surface area contributed by atoms with E-state index in [1.807, 2.05) is 6.92 Å². The van der Waals surface area contributed by atoms with Crippen molar-refractivity contribution in [1.29, 1.82) is 0 Å². The van der Waals surface area contributed by atoms with Crippen molar-refractivity contribution < 1.29 is 19.4 Å². The summed E-state index contributed by atoms with van der Waals surface area (Å²) in [6.07, 6.45) is 1.19. The standard InChI is InChI=1S/C9H18O4/c1-4-6-13-9(2,8(10)11)5-7-12-3/h4-7H2,1-3H3,(H,10,11). The lowest BCUT2D eigenvalue weighted by Crippen LogP contribution is -2.39. The SMILES string of the molecule is CCCOC(C)(CCOC)C(=O)O. The van der Waals surface area contributed by atoms with Crippen LogP contribution in [0.2, 0.25) is 0 Å². The number of methoxy groups -OCH3 is 1. The van der Waals surface area contributed by atoms with E-state index in [0.29, 0.717) is 19.6 Å². The molecule has 0 saturated heterocycles. The van der Waals surface area contributed by atoms with Gasteiger partial charge in [-0.25, -0.2) is 4.79 Å². The van der Waals surface area contributed by atoms with Crippen LogP contribution in [0.3, 0.4) is 0 Å². The first-order chi connectivity index (χ1) is 6.06. The maximum absolute atomic E-state index is 10.9. The molecule has 1 N–H and O–H groups in total. The highest BCUT2D eigenvalue weighted by atomic mass is 16.5. The smallest absolute Gasteiger partial charge is 0.335 e. The van der Waals surface area contributed by atoms with Gasteiger partial charge in [0.05, 0.1) is 0 Å². The van der Waals surface area contributed by atoms with E-state index in [9.17, 15) is 4.79 Å². The Morgan fingerprint density at radius 3 is 2.46 bits per heavy atom. The summed E-state index contributed by atoms with van der Waals surface area (Å²) in [6, 6.07) is 0.